The van der Waals surface area contributed by atoms with Gasteiger partial charge in [-0.1, -0.05) is 24.3 Å². The first-order valence-electron chi connectivity index (χ1n) is 9.76. The van der Waals surface area contributed by atoms with Crippen molar-refractivity contribution in [3.05, 3.63) is 59.4 Å². The Bertz CT molecular complexity index is 990. The van der Waals surface area contributed by atoms with Crippen molar-refractivity contribution in [1.82, 2.24) is 9.88 Å². The summed E-state index contributed by atoms with van der Waals surface area (Å²) in [6.07, 6.45) is 3.12. The number of aromatic nitrogens is 1. The summed E-state index contributed by atoms with van der Waals surface area (Å²) < 4.78 is 23.8. The molecule has 4 rings (SSSR count). The van der Waals surface area contributed by atoms with E-state index in [2.05, 4.69) is 22.0 Å². The molecule has 0 saturated carbocycles. The van der Waals surface area contributed by atoms with Gasteiger partial charge in [-0.05, 0) is 43.0 Å². The highest BCUT2D eigenvalue weighted by atomic mass is 32.2. The molecule has 1 atom stereocenters. The predicted octanol–water partition coefficient (Wildman–Crippen LogP) is 2.29. The number of sulfone groups is 1. The second-order valence-electron chi connectivity index (χ2n) is 7.49. The van der Waals surface area contributed by atoms with Crippen LogP contribution < -0.4 is 4.90 Å². The molecule has 1 amide bonds. The maximum absolute atomic E-state index is 13.0. The predicted molar refractivity (Wildman–Crippen MR) is 109 cm³/mol. The van der Waals surface area contributed by atoms with E-state index in [1.54, 1.807) is 12.3 Å². The van der Waals surface area contributed by atoms with Crippen LogP contribution >= 0.6 is 0 Å². The summed E-state index contributed by atoms with van der Waals surface area (Å²) in [5.74, 6) is 0.333. The molecule has 28 heavy (non-hydrogen) atoms. The second-order valence-corrected chi connectivity index (χ2v) is 9.72. The van der Waals surface area contributed by atoms with E-state index >= 15 is 0 Å². The van der Waals surface area contributed by atoms with Crippen LogP contribution in [0.25, 0.3) is 0 Å². The molecule has 1 aromatic carbocycles. The Hall–Kier alpha value is -2.41. The highest BCUT2D eigenvalue weighted by Crippen LogP contribution is 2.26. The number of carbonyl (C=O) groups excluding carboxylic acids is 1. The second kappa shape index (κ2) is 7.54. The molecule has 1 unspecified atom stereocenters. The van der Waals surface area contributed by atoms with E-state index in [0.717, 1.165) is 12.1 Å². The summed E-state index contributed by atoms with van der Waals surface area (Å²) in [7, 11) is -2.96. The number of pyridine rings is 1. The standard InChI is InChI=1S/C21H25N3O3S/c1-2-24(19-9-12-28(26,27)15-19)18-7-10-22-20(13-18)21(25)23-11-8-16-5-3-4-6-17(16)14-23/h3-7,10,13,19H,2,8-9,11-12,14-15H2,1H3. The molecular weight excluding hydrogens is 374 g/mol. The number of carbonyl (C=O) groups is 1. The zero-order valence-electron chi connectivity index (χ0n) is 16.0. The summed E-state index contributed by atoms with van der Waals surface area (Å²) in [6.45, 7) is 3.97. The van der Waals surface area contributed by atoms with Gasteiger partial charge >= 0.3 is 0 Å². The molecule has 148 valence electrons. The zero-order valence-corrected chi connectivity index (χ0v) is 16.9. The Balaban J connectivity index is 1.54. The van der Waals surface area contributed by atoms with E-state index < -0.39 is 9.84 Å². The minimum atomic E-state index is -2.96. The Morgan fingerprint density at radius 2 is 2.04 bits per heavy atom. The number of nitrogens with zero attached hydrogens (tertiary/aromatic N) is 3. The maximum Gasteiger partial charge on any atom is 0.272 e. The van der Waals surface area contributed by atoms with Crippen molar-refractivity contribution in [2.45, 2.75) is 32.4 Å². The molecular formula is C21H25N3O3S. The largest absolute Gasteiger partial charge is 0.368 e. The zero-order chi connectivity index (χ0) is 19.7. The third-order valence-electron chi connectivity index (χ3n) is 5.70. The number of rotatable bonds is 4. The molecule has 2 aliphatic rings. The fourth-order valence-electron chi connectivity index (χ4n) is 4.22. The van der Waals surface area contributed by atoms with Gasteiger partial charge in [-0.25, -0.2) is 8.42 Å². The molecule has 1 aromatic heterocycles. The lowest BCUT2D eigenvalue weighted by atomic mass is 10.00. The molecule has 0 N–H and O–H groups in total. The molecule has 0 radical (unpaired) electrons. The minimum Gasteiger partial charge on any atom is -0.368 e. The van der Waals surface area contributed by atoms with Gasteiger partial charge in [0.15, 0.2) is 9.84 Å². The number of amides is 1. The van der Waals surface area contributed by atoms with E-state index in [4.69, 9.17) is 0 Å². The third-order valence-corrected chi connectivity index (χ3v) is 7.45. The van der Waals surface area contributed by atoms with Gasteiger partial charge in [-0.3, -0.25) is 9.78 Å². The van der Waals surface area contributed by atoms with Crippen LogP contribution in [0.3, 0.4) is 0 Å². The summed E-state index contributed by atoms with van der Waals surface area (Å²) >= 11 is 0. The van der Waals surface area contributed by atoms with E-state index in [9.17, 15) is 13.2 Å². The lowest BCUT2D eigenvalue weighted by Gasteiger charge is -2.30. The number of fused-ring (bicyclic) bond motifs is 1. The van der Waals surface area contributed by atoms with Crippen molar-refractivity contribution >= 4 is 21.4 Å². The first-order chi connectivity index (χ1) is 13.5. The average molecular weight is 400 g/mol. The summed E-state index contributed by atoms with van der Waals surface area (Å²) in [4.78, 5) is 21.3. The number of anilines is 1. The lowest BCUT2D eigenvalue weighted by molar-refractivity contribution is 0.0728. The molecule has 6 nitrogen and oxygen atoms in total. The molecule has 2 aromatic rings. The first-order valence-corrected chi connectivity index (χ1v) is 11.6. The van der Waals surface area contributed by atoms with Crippen LogP contribution in [0.5, 0.6) is 0 Å². The van der Waals surface area contributed by atoms with Crippen LogP contribution in [0.4, 0.5) is 5.69 Å². The molecule has 0 bridgehead atoms. The van der Waals surface area contributed by atoms with Crippen molar-refractivity contribution in [1.29, 1.82) is 0 Å². The van der Waals surface area contributed by atoms with Gasteiger partial charge in [0.1, 0.15) is 5.69 Å². The highest BCUT2D eigenvalue weighted by molar-refractivity contribution is 7.91. The van der Waals surface area contributed by atoms with E-state index in [1.165, 1.54) is 11.1 Å². The SMILES string of the molecule is CCN(c1ccnc(C(=O)N2CCc3ccccc3C2)c1)C1CCS(=O)(=O)C1. The Kier molecular flexibility index (Phi) is 5.10. The number of hydrogen-bond donors (Lipinski definition) is 0. The fraction of sp³-hybridized carbons (Fsp3) is 0.429. The molecule has 0 spiro atoms. The van der Waals surface area contributed by atoms with Crippen molar-refractivity contribution in [2.24, 2.45) is 0 Å². The molecule has 0 aliphatic carbocycles. The van der Waals surface area contributed by atoms with Crippen LogP contribution in [0.2, 0.25) is 0 Å². The topological polar surface area (TPSA) is 70.6 Å². The Morgan fingerprint density at radius 1 is 1.25 bits per heavy atom. The molecule has 7 heteroatoms. The summed E-state index contributed by atoms with van der Waals surface area (Å²) in [6, 6.07) is 11.8. The maximum atomic E-state index is 13.0. The van der Waals surface area contributed by atoms with Gasteiger partial charge in [0.05, 0.1) is 11.5 Å². The minimum absolute atomic E-state index is 0.0396. The molecule has 2 aliphatic heterocycles. The lowest BCUT2D eigenvalue weighted by Crippen LogP contribution is -2.38. The third kappa shape index (κ3) is 3.76. The van der Waals surface area contributed by atoms with Gasteiger partial charge in [-0.15, -0.1) is 0 Å². The van der Waals surface area contributed by atoms with Crippen LogP contribution in [0, 0.1) is 0 Å². The smallest absolute Gasteiger partial charge is 0.272 e. The van der Waals surface area contributed by atoms with Crippen LogP contribution in [0.15, 0.2) is 42.6 Å². The average Bonchev–Trinajstić information content (AvgIpc) is 3.07. The fourth-order valence-corrected chi connectivity index (χ4v) is 5.95. The van der Waals surface area contributed by atoms with Crippen molar-refractivity contribution in [3.8, 4) is 0 Å². The van der Waals surface area contributed by atoms with E-state index in [0.29, 0.717) is 31.7 Å². The quantitative estimate of drug-likeness (QED) is 0.789. The van der Waals surface area contributed by atoms with Crippen molar-refractivity contribution < 1.29 is 13.2 Å². The van der Waals surface area contributed by atoms with E-state index in [1.807, 2.05) is 30.0 Å². The molecule has 1 fully saturated rings. The number of hydrogen-bond acceptors (Lipinski definition) is 5. The van der Waals surface area contributed by atoms with Crippen molar-refractivity contribution in [3.63, 3.8) is 0 Å². The normalized spacial score (nSPS) is 20.6. The van der Waals surface area contributed by atoms with Crippen molar-refractivity contribution in [2.75, 3.05) is 29.5 Å². The van der Waals surface area contributed by atoms with Gasteiger partial charge in [0, 0.05) is 37.6 Å². The van der Waals surface area contributed by atoms with Gasteiger partial charge in [-0.2, -0.15) is 0 Å². The van der Waals surface area contributed by atoms with Crippen LogP contribution in [-0.4, -0.2) is 54.8 Å². The highest BCUT2D eigenvalue weighted by Gasteiger charge is 2.32. The van der Waals surface area contributed by atoms with Gasteiger partial charge in [0.25, 0.3) is 5.91 Å². The number of benzene rings is 1. The van der Waals surface area contributed by atoms with Gasteiger partial charge in [0.2, 0.25) is 0 Å². The van der Waals surface area contributed by atoms with Crippen LogP contribution in [0.1, 0.15) is 35.0 Å². The first kappa shape index (κ1) is 18.9. The summed E-state index contributed by atoms with van der Waals surface area (Å²) in [5, 5.41) is 0. The van der Waals surface area contributed by atoms with Crippen LogP contribution in [-0.2, 0) is 22.8 Å². The Morgan fingerprint density at radius 3 is 2.75 bits per heavy atom. The van der Waals surface area contributed by atoms with Gasteiger partial charge < -0.3 is 9.80 Å². The van der Waals surface area contributed by atoms with E-state index in [-0.39, 0.29) is 23.5 Å². The summed E-state index contributed by atoms with van der Waals surface area (Å²) in [5.41, 5.74) is 3.76. The molecule has 3 heterocycles. The molecule has 1 saturated heterocycles. The monoisotopic (exact) mass is 399 g/mol. The Labute approximate surface area is 166 Å².